The van der Waals surface area contributed by atoms with E-state index in [0.29, 0.717) is 19.6 Å². The van der Waals surface area contributed by atoms with Crippen molar-refractivity contribution in [2.24, 2.45) is 0 Å². The quantitative estimate of drug-likeness (QED) is 0.633. The van der Waals surface area contributed by atoms with Crippen LogP contribution >= 0.6 is 0 Å². The fraction of sp³-hybridized carbons (Fsp3) is 0.417. The maximum absolute atomic E-state index is 12.4. The number of hydrogen-bond donors (Lipinski definition) is 3. The zero-order chi connectivity index (χ0) is 13.8. The molecule has 0 aliphatic carbocycles. The molecule has 2 rings (SSSR count). The Balaban J connectivity index is 2.25. The number of amides is 2. The molecule has 2 heterocycles. The van der Waals surface area contributed by atoms with Crippen LogP contribution in [0.3, 0.4) is 0 Å². The SMILES string of the molecule is CNC(=O)C1CNCCN1C(=O)c1ccncc1O. The summed E-state index contributed by atoms with van der Waals surface area (Å²) < 4.78 is 0. The lowest BCUT2D eigenvalue weighted by atomic mass is 10.1. The first-order valence-corrected chi connectivity index (χ1v) is 6.01. The smallest absolute Gasteiger partial charge is 0.258 e. The van der Waals surface area contributed by atoms with E-state index < -0.39 is 6.04 Å². The van der Waals surface area contributed by atoms with Crippen molar-refractivity contribution in [2.75, 3.05) is 26.7 Å². The lowest BCUT2D eigenvalue weighted by Gasteiger charge is -2.35. The minimum atomic E-state index is -0.571. The van der Waals surface area contributed by atoms with E-state index in [-0.39, 0.29) is 23.1 Å². The average molecular weight is 264 g/mol. The summed E-state index contributed by atoms with van der Waals surface area (Å²) in [5.41, 5.74) is 0.158. The molecule has 0 bridgehead atoms. The van der Waals surface area contributed by atoms with Gasteiger partial charge in [0, 0.05) is 32.9 Å². The maximum atomic E-state index is 12.4. The van der Waals surface area contributed by atoms with Crippen molar-refractivity contribution in [3.05, 3.63) is 24.0 Å². The van der Waals surface area contributed by atoms with E-state index in [4.69, 9.17) is 0 Å². The molecule has 0 spiro atoms. The first-order valence-electron chi connectivity index (χ1n) is 6.01. The molecule has 19 heavy (non-hydrogen) atoms. The van der Waals surface area contributed by atoms with E-state index in [2.05, 4.69) is 15.6 Å². The molecule has 1 aromatic heterocycles. The van der Waals surface area contributed by atoms with Gasteiger partial charge >= 0.3 is 0 Å². The van der Waals surface area contributed by atoms with Crippen molar-refractivity contribution in [1.82, 2.24) is 20.5 Å². The molecule has 102 valence electrons. The fourth-order valence-corrected chi connectivity index (χ4v) is 2.07. The first kappa shape index (κ1) is 13.3. The fourth-order valence-electron chi connectivity index (χ4n) is 2.07. The zero-order valence-corrected chi connectivity index (χ0v) is 10.6. The third-order valence-electron chi connectivity index (χ3n) is 3.08. The number of piperazine rings is 1. The lowest BCUT2D eigenvalue weighted by molar-refractivity contribution is -0.125. The minimum Gasteiger partial charge on any atom is -0.505 e. The number of carbonyl (C=O) groups is 2. The van der Waals surface area contributed by atoms with Crippen molar-refractivity contribution in [2.45, 2.75) is 6.04 Å². The van der Waals surface area contributed by atoms with E-state index in [1.54, 1.807) is 0 Å². The van der Waals surface area contributed by atoms with Gasteiger partial charge in [0.05, 0.1) is 11.8 Å². The molecule has 1 aromatic rings. The van der Waals surface area contributed by atoms with Gasteiger partial charge in [-0.1, -0.05) is 0 Å². The largest absolute Gasteiger partial charge is 0.505 e. The lowest BCUT2D eigenvalue weighted by Crippen LogP contribution is -2.59. The summed E-state index contributed by atoms with van der Waals surface area (Å²) in [5.74, 6) is -0.772. The number of likely N-dealkylation sites (N-methyl/N-ethyl adjacent to an activating group) is 1. The molecule has 1 saturated heterocycles. The van der Waals surface area contributed by atoms with Crippen molar-refractivity contribution in [3.8, 4) is 5.75 Å². The summed E-state index contributed by atoms with van der Waals surface area (Å²) in [7, 11) is 1.53. The maximum Gasteiger partial charge on any atom is 0.258 e. The molecule has 1 atom stereocenters. The number of nitrogens with zero attached hydrogens (tertiary/aromatic N) is 2. The van der Waals surface area contributed by atoms with Crippen molar-refractivity contribution in [3.63, 3.8) is 0 Å². The van der Waals surface area contributed by atoms with Gasteiger partial charge in [0.2, 0.25) is 5.91 Å². The summed E-state index contributed by atoms with van der Waals surface area (Å²) in [4.78, 5) is 29.4. The van der Waals surface area contributed by atoms with Crippen LogP contribution < -0.4 is 10.6 Å². The molecular formula is C12H16N4O3. The summed E-state index contributed by atoms with van der Waals surface area (Å²) in [6.07, 6.45) is 2.65. The minimum absolute atomic E-state index is 0.158. The van der Waals surface area contributed by atoms with Gasteiger partial charge in [-0.15, -0.1) is 0 Å². The molecule has 0 aromatic carbocycles. The highest BCUT2D eigenvalue weighted by Gasteiger charge is 2.32. The molecule has 0 radical (unpaired) electrons. The van der Waals surface area contributed by atoms with Crippen molar-refractivity contribution in [1.29, 1.82) is 0 Å². The van der Waals surface area contributed by atoms with Gasteiger partial charge in [-0.25, -0.2) is 0 Å². The second-order valence-electron chi connectivity index (χ2n) is 4.23. The molecular weight excluding hydrogens is 248 g/mol. The molecule has 7 heteroatoms. The predicted octanol–water partition coefficient (Wildman–Crippen LogP) is -1.05. The zero-order valence-electron chi connectivity index (χ0n) is 10.6. The van der Waals surface area contributed by atoms with Crippen LogP contribution in [0, 0.1) is 0 Å². The van der Waals surface area contributed by atoms with E-state index in [1.165, 1.54) is 30.4 Å². The summed E-state index contributed by atoms with van der Waals surface area (Å²) in [6.45, 7) is 1.43. The number of pyridine rings is 1. The van der Waals surface area contributed by atoms with Crippen LogP contribution in [0.1, 0.15) is 10.4 Å². The molecule has 0 saturated carbocycles. The highest BCUT2D eigenvalue weighted by atomic mass is 16.3. The molecule has 1 fully saturated rings. The van der Waals surface area contributed by atoms with E-state index in [1.807, 2.05) is 0 Å². The topological polar surface area (TPSA) is 94.6 Å². The molecule has 7 nitrogen and oxygen atoms in total. The number of hydrogen-bond acceptors (Lipinski definition) is 5. The Kier molecular flexibility index (Phi) is 3.96. The average Bonchev–Trinajstić information content (AvgIpc) is 2.46. The third kappa shape index (κ3) is 2.65. The van der Waals surface area contributed by atoms with Gasteiger partial charge in [0.25, 0.3) is 5.91 Å². The molecule has 2 amide bonds. The Hall–Kier alpha value is -2.15. The predicted molar refractivity (Wildman–Crippen MR) is 67.7 cm³/mol. The number of nitrogens with one attached hydrogen (secondary N) is 2. The van der Waals surface area contributed by atoms with Gasteiger partial charge < -0.3 is 20.6 Å². The van der Waals surface area contributed by atoms with Crippen LogP contribution in [0.2, 0.25) is 0 Å². The summed E-state index contributed by atoms with van der Waals surface area (Å²) in [6, 6.07) is 0.875. The van der Waals surface area contributed by atoms with Crippen LogP contribution in [0.5, 0.6) is 5.75 Å². The van der Waals surface area contributed by atoms with Gasteiger partial charge in [-0.3, -0.25) is 14.6 Å². The third-order valence-corrected chi connectivity index (χ3v) is 3.08. The van der Waals surface area contributed by atoms with Gasteiger partial charge in [0.1, 0.15) is 11.8 Å². The molecule has 1 aliphatic rings. The Morgan fingerprint density at radius 1 is 1.58 bits per heavy atom. The monoisotopic (exact) mass is 264 g/mol. The second-order valence-corrected chi connectivity index (χ2v) is 4.23. The van der Waals surface area contributed by atoms with Crippen molar-refractivity contribution < 1.29 is 14.7 Å². The normalized spacial score (nSPS) is 19.0. The van der Waals surface area contributed by atoms with Crippen LogP contribution in [0.4, 0.5) is 0 Å². The summed E-state index contributed by atoms with van der Waals surface area (Å²) in [5, 5.41) is 15.3. The highest BCUT2D eigenvalue weighted by molar-refractivity contribution is 5.99. The number of carbonyl (C=O) groups excluding carboxylic acids is 2. The van der Waals surface area contributed by atoms with Gasteiger partial charge in [-0.05, 0) is 6.07 Å². The second kappa shape index (κ2) is 5.66. The Labute approximate surface area is 110 Å². The van der Waals surface area contributed by atoms with Crippen LogP contribution in [0.25, 0.3) is 0 Å². The number of aromatic nitrogens is 1. The molecule has 3 N–H and O–H groups in total. The van der Waals surface area contributed by atoms with E-state index >= 15 is 0 Å². The van der Waals surface area contributed by atoms with Crippen molar-refractivity contribution >= 4 is 11.8 Å². The standard InChI is InChI=1S/C12H16N4O3/c1-13-11(18)9-6-15-4-5-16(9)12(19)8-2-3-14-7-10(8)17/h2-3,7,9,15,17H,4-6H2,1H3,(H,13,18). The van der Waals surface area contributed by atoms with Crippen LogP contribution in [0.15, 0.2) is 18.5 Å². The van der Waals surface area contributed by atoms with Gasteiger partial charge in [-0.2, -0.15) is 0 Å². The Bertz CT molecular complexity index is 492. The van der Waals surface area contributed by atoms with Gasteiger partial charge in [0.15, 0.2) is 0 Å². The number of rotatable bonds is 2. The Morgan fingerprint density at radius 2 is 2.37 bits per heavy atom. The Morgan fingerprint density at radius 3 is 3.05 bits per heavy atom. The van der Waals surface area contributed by atoms with Crippen LogP contribution in [-0.2, 0) is 4.79 Å². The first-order chi connectivity index (χ1) is 9.15. The van der Waals surface area contributed by atoms with Crippen LogP contribution in [-0.4, -0.2) is 59.5 Å². The van der Waals surface area contributed by atoms with E-state index in [0.717, 1.165) is 0 Å². The number of aromatic hydroxyl groups is 1. The molecule has 1 unspecified atom stereocenters. The molecule has 1 aliphatic heterocycles. The van der Waals surface area contributed by atoms with E-state index in [9.17, 15) is 14.7 Å². The highest BCUT2D eigenvalue weighted by Crippen LogP contribution is 2.18. The summed E-state index contributed by atoms with van der Waals surface area (Å²) >= 11 is 0.